The summed E-state index contributed by atoms with van der Waals surface area (Å²) in [6.07, 6.45) is 0. The Kier molecular flexibility index (Phi) is 6.64. The van der Waals surface area contributed by atoms with Crippen molar-refractivity contribution in [3.05, 3.63) is 70.8 Å². The molecular formula is C29H28N2O7. The number of hydrogen-bond acceptors (Lipinski definition) is 9. The normalized spacial score (nSPS) is 21.4. The van der Waals surface area contributed by atoms with Gasteiger partial charge >= 0.3 is 5.97 Å². The van der Waals surface area contributed by atoms with Gasteiger partial charge in [-0.15, -0.1) is 0 Å². The molecule has 4 atom stereocenters. The van der Waals surface area contributed by atoms with E-state index in [0.29, 0.717) is 17.1 Å². The third-order valence-electron chi connectivity index (χ3n) is 7.40. The van der Waals surface area contributed by atoms with Gasteiger partial charge in [0.15, 0.2) is 23.0 Å². The molecule has 1 aliphatic heterocycles. The minimum absolute atomic E-state index is 0.118. The number of nitrogens with one attached hydrogen (secondary N) is 1. The molecule has 1 aliphatic carbocycles. The first-order chi connectivity index (χ1) is 18.4. The van der Waals surface area contributed by atoms with Crippen LogP contribution in [0.3, 0.4) is 0 Å². The first-order valence-corrected chi connectivity index (χ1v) is 12.1. The van der Waals surface area contributed by atoms with E-state index in [2.05, 4.69) is 11.4 Å². The lowest BCUT2D eigenvalue weighted by Crippen LogP contribution is -2.37. The van der Waals surface area contributed by atoms with Crippen LogP contribution in [0.1, 0.15) is 34.2 Å². The molecular weight excluding hydrogens is 488 g/mol. The van der Waals surface area contributed by atoms with E-state index in [0.717, 1.165) is 22.4 Å². The van der Waals surface area contributed by atoms with Crippen molar-refractivity contribution in [2.45, 2.75) is 12.0 Å². The van der Waals surface area contributed by atoms with Crippen LogP contribution < -0.4 is 24.3 Å². The van der Waals surface area contributed by atoms with E-state index in [4.69, 9.17) is 23.7 Å². The number of ether oxygens (including phenoxy) is 5. The van der Waals surface area contributed by atoms with Crippen molar-refractivity contribution in [1.82, 2.24) is 0 Å². The Labute approximate surface area is 220 Å². The Morgan fingerprint density at radius 2 is 1.47 bits per heavy atom. The second-order valence-electron chi connectivity index (χ2n) is 9.22. The van der Waals surface area contributed by atoms with Crippen LogP contribution in [0.25, 0.3) is 0 Å². The van der Waals surface area contributed by atoms with E-state index in [1.54, 1.807) is 38.5 Å². The predicted molar refractivity (Wildman–Crippen MR) is 138 cm³/mol. The molecule has 5 rings (SSSR count). The summed E-state index contributed by atoms with van der Waals surface area (Å²) in [6.45, 7) is 0.230. The van der Waals surface area contributed by atoms with Crippen molar-refractivity contribution in [1.29, 1.82) is 5.26 Å². The second kappa shape index (κ2) is 10.1. The molecule has 0 unspecified atom stereocenters. The fourth-order valence-corrected chi connectivity index (χ4v) is 5.60. The summed E-state index contributed by atoms with van der Waals surface area (Å²) in [5.74, 6) is -0.0606. The lowest BCUT2D eigenvalue weighted by molar-refractivity contribution is -0.141. The van der Waals surface area contributed by atoms with Gasteiger partial charge in [-0.3, -0.25) is 4.79 Å². The summed E-state index contributed by atoms with van der Waals surface area (Å²) in [4.78, 5) is 13.3. The molecule has 2 aliphatic rings. The second-order valence-corrected chi connectivity index (χ2v) is 9.22. The zero-order valence-corrected chi connectivity index (χ0v) is 21.5. The average Bonchev–Trinajstić information content (AvgIpc) is 3.33. The van der Waals surface area contributed by atoms with E-state index in [1.807, 2.05) is 24.3 Å². The SMILES string of the molecule is COc1cc2c(cc1OC)[C@H](Nc1ccc(C#N)cc1)[C@H]1COC(=O)[C@@H]1[C@@H]2c1cc(OC)c(O)c(OC)c1. The minimum Gasteiger partial charge on any atom is -0.502 e. The van der Waals surface area contributed by atoms with Gasteiger partial charge in [0.1, 0.15) is 0 Å². The lowest BCUT2D eigenvalue weighted by atomic mass is 9.65. The van der Waals surface area contributed by atoms with Crippen molar-refractivity contribution in [2.75, 3.05) is 40.4 Å². The fourth-order valence-electron chi connectivity index (χ4n) is 5.60. The van der Waals surface area contributed by atoms with Crippen LogP contribution in [-0.2, 0) is 9.53 Å². The number of phenolic OH excluding ortho intramolecular Hbond substituents is 1. The number of benzene rings is 3. The van der Waals surface area contributed by atoms with Gasteiger partial charge in [-0.05, 0) is 65.2 Å². The number of hydrogen-bond donors (Lipinski definition) is 2. The number of nitriles is 1. The van der Waals surface area contributed by atoms with Crippen LogP contribution >= 0.6 is 0 Å². The zero-order chi connectivity index (χ0) is 27.0. The molecule has 2 N–H and O–H groups in total. The van der Waals surface area contributed by atoms with Gasteiger partial charge in [-0.2, -0.15) is 5.26 Å². The van der Waals surface area contributed by atoms with Crippen LogP contribution in [0.15, 0.2) is 48.5 Å². The first-order valence-electron chi connectivity index (χ1n) is 12.1. The van der Waals surface area contributed by atoms with Crippen LogP contribution in [0.4, 0.5) is 5.69 Å². The molecule has 9 nitrogen and oxygen atoms in total. The summed E-state index contributed by atoms with van der Waals surface area (Å²) in [6, 6.07) is 16.3. The number of fused-ring (bicyclic) bond motifs is 2. The van der Waals surface area contributed by atoms with Crippen molar-refractivity contribution in [3.63, 3.8) is 0 Å². The van der Waals surface area contributed by atoms with Gasteiger partial charge in [0.05, 0.1) is 58.6 Å². The largest absolute Gasteiger partial charge is 0.502 e. The maximum Gasteiger partial charge on any atom is 0.310 e. The molecule has 196 valence electrons. The molecule has 9 heteroatoms. The molecule has 0 amide bonds. The molecule has 3 aromatic carbocycles. The maximum atomic E-state index is 13.3. The predicted octanol–water partition coefficient (Wildman–Crippen LogP) is 4.39. The number of rotatable bonds is 7. The van der Waals surface area contributed by atoms with Gasteiger partial charge < -0.3 is 34.1 Å². The van der Waals surface area contributed by atoms with Gasteiger partial charge in [0.2, 0.25) is 5.75 Å². The highest BCUT2D eigenvalue weighted by Crippen LogP contribution is 2.55. The molecule has 1 heterocycles. The Balaban J connectivity index is 1.72. The molecule has 1 fully saturated rings. The van der Waals surface area contributed by atoms with E-state index in [1.165, 1.54) is 14.2 Å². The van der Waals surface area contributed by atoms with Crippen LogP contribution in [0, 0.1) is 23.2 Å². The van der Waals surface area contributed by atoms with Crippen molar-refractivity contribution in [2.24, 2.45) is 11.8 Å². The fraction of sp³-hybridized carbons (Fsp3) is 0.310. The molecule has 0 aromatic heterocycles. The molecule has 3 aromatic rings. The number of phenols is 1. The van der Waals surface area contributed by atoms with Gasteiger partial charge in [-0.1, -0.05) is 0 Å². The highest BCUT2D eigenvalue weighted by molar-refractivity contribution is 5.79. The van der Waals surface area contributed by atoms with E-state index in [-0.39, 0.29) is 41.8 Å². The lowest BCUT2D eigenvalue weighted by Gasteiger charge is -2.40. The number of cyclic esters (lactones) is 1. The van der Waals surface area contributed by atoms with Crippen LogP contribution in [0.2, 0.25) is 0 Å². The monoisotopic (exact) mass is 516 g/mol. The van der Waals surface area contributed by atoms with Crippen molar-refractivity contribution in [3.8, 4) is 34.8 Å². The Morgan fingerprint density at radius 1 is 0.895 bits per heavy atom. The molecule has 0 bridgehead atoms. The average molecular weight is 517 g/mol. The molecule has 1 saturated heterocycles. The van der Waals surface area contributed by atoms with E-state index in [9.17, 15) is 15.2 Å². The molecule has 38 heavy (non-hydrogen) atoms. The van der Waals surface area contributed by atoms with Crippen molar-refractivity contribution >= 4 is 11.7 Å². The smallest absolute Gasteiger partial charge is 0.310 e. The summed E-state index contributed by atoms with van der Waals surface area (Å²) >= 11 is 0. The number of methoxy groups -OCH3 is 4. The maximum absolute atomic E-state index is 13.3. The topological polar surface area (TPSA) is 119 Å². The van der Waals surface area contributed by atoms with Crippen molar-refractivity contribution < 1.29 is 33.6 Å². The number of carbonyl (C=O) groups is 1. The molecule has 0 saturated carbocycles. The number of aromatic hydroxyl groups is 1. The summed E-state index contributed by atoms with van der Waals surface area (Å²) in [7, 11) is 6.07. The number of nitrogens with zero attached hydrogens (tertiary/aromatic N) is 1. The highest BCUT2D eigenvalue weighted by atomic mass is 16.5. The third-order valence-corrected chi connectivity index (χ3v) is 7.40. The highest BCUT2D eigenvalue weighted by Gasteiger charge is 2.52. The Morgan fingerprint density at radius 3 is 2.03 bits per heavy atom. The van der Waals surface area contributed by atoms with Gasteiger partial charge in [0.25, 0.3) is 0 Å². The summed E-state index contributed by atoms with van der Waals surface area (Å²) in [5.41, 5.74) is 3.86. The van der Waals surface area contributed by atoms with E-state index < -0.39 is 11.8 Å². The molecule has 0 radical (unpaired) electrons. The van der Waals surface area contributed by atoms with Gasteiger partial charge in [-0.25, -0.2) is 0 Å². The quantitative estimate of drug-likeness (QED) is 0.441. The number of carbonyl (C=O) groups excluding carboxylic acids is 1. The van der Waals surface area contributed by atoms with E-state index >= 15 is 0 Å². The Bertz CT molecular complexity index is 1390. The summed E-state index contributed by atoms with van der Waals surface area (Å²) < 4.78 is 27.7. The minimum atomic E-state index is -0.532. The first kappa shape index (κ1) is 25.1. The summed E-state index contributed by atoms with van der Waals surface area (Å²) in [5, 5.41) is 23.3. The van der Waals surface area contributed by atoms with Crippen LogP contribution in [-0.4, -0.2) is 46.1 Å². The zero-order valence-electron chi connectivity index (χ0n) is 21.5. The van der Waals surface area contributed by atoms with Crippen LogP contribution in [0.5, 0.6) is 28.7 Å². The number of anilines is 1. The standard InChI is InChI=1S/C29H28N2O7/c1-34-21-11-18-19(12-22(21)35-2)27(31-17-7-5-15(13-30)6-8-17)20-14-38-29(33)26(20)25(18)16-9-23(36-3)28(32)24(10-16)37-4/h5-12,20,25-27,31-32H,14H2,1-4H3/t20-,25+,26-,27-/m0/s1. The number of esters is 1. The Hall–Kier alpha value is -4.58. The van der Waals surface area contributed by atoms with Gasteiger partial charge in [0, 0.05) is 17.5 Å². The molecule has 0 spiro atoms. The third kappa shape index (κ3) is 4.08.